The maximum Gasteiger partial charge on any atom is 0.490 e. The van der Waals surface area contributed by atoms with Crippen LogP contribution in [0.2, 0.25) is 0 Å². The predicted octanol–water partition coefficient (Wildman–Crippen LogP) is 7.01. The van der Waals surface area contributed by atoms with Crippen molar-refractivity contribution in [1.29, 1.82) is 0 Å². The first kappa shape index (κ1) is 29.4. The lowest BCUT2D eigenvalue weighted by Crippen LogP contribution is -2.35. The number of likely N-dealkylation sites (tertiary alicyclic amines) is 1. The molecule has 0 unspecified atom stereocenters. The number of hydrogen-bond acceptors (Lipinski definition) is 5. The zero-order chi connectivity index (χ0) is 27.5. The first-order chi connectivity index (χ1) is 18.2. The predicted molar refractivity (Wildman–Crippen MR) is 144 cm³/mol. The molecule has 9 heteroatoms. The number of hydrogen-bond donors (Lipinski definition) is 1. The normalized spacial score (nSPS) is 14.3. The van der Waals surface area contributed by atoms with E-state index in [1.165, 1.54) is 34.4 Å². The highest BCUT2D eigenvalue weighted by Gasteiger charge is 2.38. The highest BCUT2D eigenvalue weighted by Crippen LogP contribution is 2.26. The summed E-state index contributed by atoms with van der Waals surface area (Å²) in [6.45, 7) is 4.07. The van der Waals surface area contributed by atoms with Gasteiger partial charge in [-0.25, -0.2) is 4.79 Å². The average Bonchev–Trinajstić information content (AvgIpc) is 2.93. The van der Waals surface area contributed by atoms with Gasteiger partial charge in [-0.1, -0.05) is 36.4 Å². The number of ether oxygens (including phenoxy) is 2. The largest absolute Gasteiger partial charge is 0.497 e. The number of piperidine rings is 1. The highest BCUT2D eigenvalue weighted by molar-refractivity contribution is 7.98. The first-order valence-corrected chi connectivity index (χ1v) is 13.4. The first-order valence-electron chi connectivity index (χ1n) is 12.2. The van der Waals surface area contributed by atoms with Gasteiger partial charge in [0, 0.05) is 11.4 Å². The quantitative estimate of drug-likeness (QED) is 0.306. The lowest BCUT2D eigenvalue weighted by molar-refractivity contribution is -0.192. The van der Waals surface area contributed by atoms with Crippen molar-refractivity contribution in [3.8, 4) is 22.6 Å². The summed E-state index contributed by atoms with van der Waals surface area (Å²) in [7, 11) is 1.71. The van der Waals surface area contributed by atoms with Crippen molar-refractivity contribution in [3.63, 3.8) is 0 Å². The molecule has 1 saturated heterocycles. The van der Waals surface area contributed by atoms with Crippen molar-refractivity contribution < 1.29 is 32.5 Å². The maximum absolute atomic E-state index is 10.6. The number of carbonyl (C=O) groups is 1. The fourth-order valence-electron chi connectivity index (χ4n) is 4.04. The van der Waals surface area contributed by atoms with E-state index in [2.05, 4.69) is 71.8 Å². The Balaban J connectivity index is 0.000000505. The fraction of sp³-hybridized carbons (Fsp3) is 0.345. The second kappa shape index (κ2) is 14.1. The Morgan fingerprint density at radius 1 is 0.921 bits per heavy atom. The molecular weight excluding hydrogens is 515 g/mol. The van der Waals surface area contributed by atoms with E-state index in [1.54, 1.807) is 18.9 Å². The van der Waals surface area contributed by atoms with E-state index in [0.717, 1.165) is 37.7 Å². The van der Waals surface area contributed by atoms with E-state index in [-0.39, 0.29) is 0 Å². The molecule has 3 aromatic carbocycles. The van der Waals surface area contributed by atoms with E-state index in [9.17, 15) is 13.2 Å². The van der Waals surface area contributed by atoms with Gasteiger partial charge in [-0.15, -0.1) is 11.8 Å². The van der Waals surface area contributed by atoms with Gasteiger partial charge in [0.05, 0.1) is 13.7 Å². The molecule has 0 aromatic heterocycles. The molecule has 1 aliphatic heterocycles. The van der Waals surface area contributed by atoms with E-state index in [4.69, 9.17) is 19.4 Å². The van der Waals surface area contributed by atoms with E-state index in [0.29, 0.717) is 5.92 Å². The van der Waals surface area contributed by atoms with Gasteiger partial charge >= 0.3 is 12.1 Å². The molecule has 0 spiro atoms. The summed E-state index contributed by atoms with van der Waals surface area (Å²) in [4.78, 5) is 12.7. The molecule has 4 rings (SSSR count). The van der Waals surface area contributed by atoms with Gasteiger partial charge in [0.15, 0.2) is 0 Å². The number of alkyl halides is 3. The van der Waals surface area contributed by atoms with Crippen molar-refractivity contribution >= 4 is 17.7 Å². The zero-order valence-corrected chi connectivity index (χ0v) is 22.2. The summed E-state index contributed by atoms with van der Waals surface area (Å²) in [5.41, 5.74) is 3.82. The number of halogens is 3. The van der Waals surface area contributed by atoms with Crippen molar-refractivity contribution in [2.45, 2.75) is 30.5 Å². The molecule has 1 N–H and O–H groups in total. The molecular formula is C29H32F3NO4S. The van der Waals surface area contributed by atoms with Gasteiger partial charge < -0.3 is 14.6 Å². The fourth-order valence-corrected chi connectivity index (χ4v) is 4.45. The topological polar surface area (TPSA) is 59.0 Å². The van der Waals surface area contributed by atoms with Crippen LogP contribution in [0.3, 0.4) is 0 Å². The van der Waals surface area contributed by atoms with Gasteiger partial charge in [-0.05, 0) is 91.2 Å². The van der Waals surface area contributed by atoms with E-state index in [1.807, 2.05) is 12.1 Å². The van der Waals surface area contributed by atoms with Crippen LogP contribution < -0.4 is 9.47 Å². The van der Waals surface area contributed by atoms with Crippen molar-refractivity contribution in [2.75, 3.05) is 33.1 Å². The summed E-state index contributed by atoms with van der Waals surface area (Å²) >= 11 is 1.77. The Hall–Kier alpha value is -3.17. The number of nitrogens with zero attached hydrogens (tertiary/aromatic N) is 1. The summed E-state index contributed by atoms with van der Waals surface area (Å²) in [6.07, 6.45) is -0.599. The van der Waals surface area contributed by atoms with Gasteiger partial charge in [0.25, 0.3) is 0 Å². The number of carboxylic acid groups (broad SMARTS) is 1. The lowest BCUT2D eigenvalue weighted by atomic mass is 9.97. The minimum atomic E-state index is -5.08. The average molecular weight is 548 g/mol. The Morgan fingerprint density at radius 3 is 1.89 bits per heavy atom. The maximum atomic E-state index is 10.6. The SMILES string of the molecule is COc1ccc(CN2CCC(COc3ccc(-c4ccc(SC)cc4)cc3)CC2)cc1.O=C(O)C(F)(F)F. The van der Waals surface area contributed by atoms with Crippen LogP contribution in [0.5, 0.6) is 11.5 Å². The number of methoxy groups -OCH3 is 1. The molecule has 0 bridgehead atoms. The molecule has 0 atom stereocenters. The number of benzene rings is 3. The lowest BCUT2D eigenvalue weighted by Gasteiger charge is -2.31. The van der Waals surface area contributed by atoms with Crippen LogP contribution in [0, 0.1) is 5.92 Å². The Kier molecular flexibility index (Phi) is 10.9. The second-order valence-electron chi connectivity index (χ2n) is 8.93. The van der Waals surface area contributed by atoms with Crippen LogP contribution >= 0.6 is 11.8 Å². The minimum absolute atomic E-state index is 0.630. The molecule has 0 amide bonds. The number of thioether (sulfide) groups is 1. The van der Waals surface area contributed by atoms with Crippen LogP contribution in [0.1, 0.15) is 18.4 Å². The molecule has 0 saturated carbocycles. The molecule has 1 aliphatic rings. The van der Waals surface area contributed by atoms with Gasteiger partial charge in [0.1, 0.15) is 11.5 Å². The van der Waals surface area contributed by atoms with Crippen LogP contribution in [-0.2, 0) is 11.3 Å². The Morgan fingerprint density at radius 2 is 1.42 bits per heavy atom. The zero-order valence-electron chi connectivity index (χ0n) is 21.4. The molecule has 1 heterocycles. The van der Waals surface area contributed by atoms with E-state index < -0.39 is 12.1 Å². The van der Waals surface area contributed by atoms with Crippen LogP contribution in [0.25, 0.3) is 11.1 Å². The van der Waals surface area contributed by atoms with E-state index >= 15 is 0 Å². The monoisotopic (exact) mass is 547 g/mol. The van der Waals surface area contributed by atoms with Gasteiger partial charge in [-0.2, -0.15) is 13.2 Å². The van der Waals surface area contributed by atoms with Crippen LogP contribution in [-0.4, -0.2) is 55.2 Å². The summed E-state index contributed by atoms with van der Waals surface area (Å²) in [5, 5.41) is 7.12. The molecule has 3 aromatic rings. The second-order valence-corrected chi connectivity index (χ2v) is 9.81. The van der Waals surface area contributed by atoms with Gasteiger partial charge in [-0.3, -0.25) is 4.90 Å². The van der Waals surface area contributed by atoms with Crippen LogP contribution in [0.4, 0.5) is 13.2 Å². The van der Waals surface area contributed by atoms with Gasteiger partial charge in [0.2, 0.25) is 0 Å². The third kappa shape index (κ3) is 9.29. The number of aliphatic carboxylic acids is 1. The van der Waals surface area contributed by atoms with Crippen molar-refractivity contribution in [2.24, 2.45) is 5.92 Å². The molecule has 204 valence electrons. The number of carboxylic acids is 1. The standard InChI is InChI=1S/C27H31NO2S.C2HF3O2/c1-29-25-9-3-21(4-10-25)19-28-17-15-22(16-18-28)20-30-26-11-5-23(6-12-26)24-7-13-27(31-2)14-8-24;3-2(4,5)1(6)7/h3-14,22H,15-20H2,1-2H3;(H,6,7). The molecule has 1 fully saturated rings. The molecule has 38 heavy (non-hydrogen) atoms. The Labute approximate surface area is 225 Å². The van der Waals surface area contributed by atoms with Crippen molar-refractivity contribution in [1.82, 2.24) is 4.90 Å². The molecule has 0 aliphatic carbocycles. The summed E-state index contributed by atoms with van der Waals surface area (Å²) in [5.74, 6) is -0.246. The summed E-state index contributed by atoms with van der Waals surface area (Å²) < 4.78 is 43.1. The highest BCUT2D eigenvalue weighted by atomic mass is 32.2. The smallest absolute Gasteiger partial charge is 0.490 e. The third-order valence-corrected chi connectivity index (χ3v) is 7.02. The molecule has 5 nitrogen and oxygen atoms in total. The molecule has 0 radical (unpaired) electrons. The number of rotatable bonds is 8. The van der Waals surface area contributed by atoms with Crippen LogP contribution in [0.15, 0.2) is 77.7 Å². The van der Waals surface area contributed by atoms with Crippen molar-refractivity contribution in [3.05, 3.63) is 78.4 Å². The third-order valence-electron chi connectivity index (χ3n) is 6.28. The minimum Gasteiger partial charge on any atom is -0.497 e. The Bertz CT molecular complexity index is 1130. The summed E-state index contributed by atoms with van der Waals surface area (Å²) in [6, 6.07) is 25.6.